The van der Waals surface area contributed by atoms with E-state index in [1.54, 1.807) is 11.0 Å². The van der Waals surface area contributed by atoms with Crippen LogP contribution < -0.4 is 0 Å². The number of carbonyl (C=O) groups is 1. The highest BCUT2D eigenvalue weighted by atomic mass is 32.2. The minimum absolute atomic E-state index is 0.0722. The summed E-state index contributed by atoms with van der Waals surface area (Å²) in [5.41, 5.74) is -0.462. The molecule has 0 aromatic heterocycles. The quantitative estimate of drug-likeness (QED) is 0.827. The van der Waals surface area contributed by atoms with Crippen molar-refractivity contribution < 1.29 is 18.0 Å². The number of nitrogens with zero attached hydrogens (tertiary/aromatic N) is 1. The fourth-order valence-electron chi connectivity index (χ4n) is 2.42. The van der Waals surface area contributed by atoms with E-state index in [4.69, 9.17) is 0 Å². The molecule has 0 N–H and O–H groups in total. The number of rotatable bonds is 3. The maximum Gasteiger partial charge on any atom is 0.416 e. The van der Waals surface area contributed by atoms with Crippen LogP contribution in [0.1, 0.15) is 36.8 Å². The van der Waals surface area contributed by atoms with Gasteiger partial charge in [0.2, 0.25) is 5.91 Å². The van der Waals surface area contributed by atoms with Gasteiger partial charge in [-0.25, -0.2) is 0 Å². The van der Waals surface area contributed by atoms with Gasteiger partial charge in [-0.05, 0) is 17.5 Å². The fourth-order valence-corrected chi connectivity index (χ4v) is 3.73. The molecule has 0 saturated carbocycles. The van der Waals surface area contributed by atoms with Crippen molar-refractivity contribution in [3.63, 3.8) is 0 Å². The van der Waals surface area contributed by atoms with E-state index in [-0.39, 0.29) is 17.4 Å². The Hall–Kier alpha value is -1.17. The topological polar surface area (TPSA) is 20.3 Å². The van der Waals surface area contributed by atoms with Gasteiger partial charge in [-0.15, -0.1) is 11.8 Å². The molecule has 1 unspecified atom stereocenters. The highest BCUT2D eigenvalue weighted by Crippen LogP contribution is 2.44. The largest absolute Gasteiger partial charge is 0.416 e. The van der Waals surface area contributed by atoms with E-state index < -0.39 is 17.1 Å². The summed E-state index contributed by atoms with van der Waals surface area (Å²) < 4.78 is 39.4. The van der Waals surface area contributed by atoms with Gasteiger partial charge < -0.3 is 4.90 Å². The number of alkyl halides is 3. The normalized spacial score (nSPS) is 19.3. The Balaban J connectivity index is 2.31. The lowest BCUT2D eigenvalue weighted by atomic mass is 10.1. The molecule has 21 heavy (non-hydrogen) atoms. The summed E-state index contributed by atoms with van der Waals surface area (Å²) in [6.07, 6.45) is -4.03. The first kappa shape index (κ1) is 16.2. The molecule has 2 rings (SSSR count). The van der Waals surface area contributed by atoms with Crippen molar-refractivity contribution in [2.24, 2.45) is 5.92 Å². The minimum Gasteiger partial charge on any atom is -0.326 e. The van der Waals surface area contributed by atoms with Crippen LogP contribution in [0.2, 0.25) is 0 Å². The summed E-state index contributed by atoms with van der Waals surface area (Å²) in [5.74, 6) is 0.791. The third-order valence-corrected chi connectivity index (χ3v) is 4.57. The Kier molecular flexibility index (Phi) is 4.86. The molecule has 1 atom stereocenters. The van der Waals surface area contributed by atoms with Crippen molar-refractivity contribution >= 4 is 17.7 Å². The lowest BCUT2D eigenvalue weighted by Crippen LogP contribution is -2.32. The van der Waals surface area contributed by atoms with E-state index >= 15 is 0 Å². The van der Waals surface area contributed by atoms with Gasteiger partial charge >= 0.3 is 6.18 Å². The summed E-state index contributed by atoms with van der Waals surface area (Å²) in [4.78, 5) is 13.8. The second kappa shape index (κ2) is 6.30. The Labute approximate surface area is 126 Å². The highest BCUT2D eigenvalue weighted by molar-refractivity contribution is 7.99. The maximum atomic E-state index is 13.1. The molecule has 1 fully saturated rings. The number of thioether (sulfide) groups is 1. The van der Waals surface area contributed by atoms with Crippen molar-refractivity contribution in [2.75, 3.05) is 12.3 Å². The Morgan fingerprint density at radius 3 is 2.67 bits per heavy atom. The standard InChI is InChI=1S/C15H18F3NOS/c1-10(2)9-13(20)19-7-8-21-14(19)11-5-3-4-6-12(11)15(16,17)18/h3-6,10,14H,7-9H2,1-2H3. The van der Waals surface area contributed by atoms with Gasteiger partial charge in [-0.1, -0.05) is 32.0 Å². The molecule has 1 saturated heterocycles. The second-order valence-electron chi connectivity index (χ2n) is 5.49. The van der Waals surface area contributed by atoms with Crippen molar-refractivity contribution in [3.8, 4) is 0 Å². The summed E-state index contributed by atoms with van der Waals surface area (Å²) in [6, 6.07) is 5.53. The van der Waals surface area contributed by atoms with Gasteiger partial charge in [-0.3, -0.25) is 4.79 Å². The average molecular weight is 317 g/mol. The van der Waals surface area contributed by atoms with Crippen LogP contribution in [0.5, 0.6) is 0 Å². The smallest absolute Gasteiger partial charge is 0.326 e. The number of carbonyl (C=O) groups excluding carboxylic acids is 1. The van der Waals surface area contributed by atoms with Crippen LogP contribution >= 0.6 is 11.8 Å². The van der Waals surface area contributed by atoms with E-state index in [1.807, 2.05) is 13.8 Å². The molecule has 0 aliphatic carbocycles. The number of halogens is 3. The molecule has 2 nitrogen and oxygen atoms in total. The number of amides is 1. The molecule has 0 radical (unpaired) electrons. The van der Waals surface area contributed by atoms with Crippen molar-refractivity contribution in [3.05, 3.63) is 35.4 Å². The first-order valence-electron chi connectivity index (χ1n) is 6.88. The van der Waals surface area contributed by atoms with Crippen LogP contribution in [0.4, 0.5) is 13.2 Å². The third kappa shape index (κ3) is 3.73. The monoisotopic (exact) mass is 317 g/mol. The molecule has 1 aliphatic rings. The lowest BCUT2D eigenvalue weighted by molar-refractivity contribution is -0.140. The maximum absolute atomic E-state index is 13.1. The lowest BCUT2D eigenvalue weighted by Gasteiger charge is -2.27. The minimum atomic E-state index is -4.40. The molecule has 0 bridgehead atoms. The van der Waals surface area contributed by atoms with Crippen LogP contribution in [-0.4, -0.2) is 23.1 Å². The van der Waals surface area contributed by atoms with Gasteiger partial charge in [-0.2, -0.15) is 13.2 Å². The van der Waals surface area contributed by atoms with E-state index in [9.17, 15) is 18.0 Å². The summed E-state index contributed by atoms with van der Waals surface area (Å²) >= 11 is 1.39. The van der Waals surface area contributed by atoms with Gasteiger partial charge in [0, 0.05) is 18.7 Å². The molecular weight excluding hydrogens is 299 g/mol. The summed E-state index contributed by atoms with van der Waals surface area (Å²) in [7, 11) is 0. The fraction of sp³-hybridized carbons (Fsp3) is 0.533. The molecule has 6 heteroatoms. The van der Waals surface area contributed by atoms with Gasteiger partial charge in [0.25, 0.3) is 0 Å². The van der Waals surface area contributed by atoms with Gasteiger partial charge in [0.05, 0.1) is 5.56 Å². The molecular formula is C15H18F3NOS. The number of hydrogen-bond donors (Lipinski definition) is 0. The van der Waals surface area contributed by atoms with E-state index in [1.165, 1.54) is 23.9 Å². The van der Waals surface area contributed by atoms with Gasteiger partial charge in [0.15, 0.2) is 0 Å². The highest BCUT2D eigenvalue weighted by Gasteiger charge is 2.39. The van der Waals surface area contributed by atoms with E-state index in [0.717, 1.165) is 6.07 Å². The molecule has 0 spiro atoms. The van der Waals surface area contributed by atoms with Crippen molar-refractivity contribution in [2.45, 2.75) is 31.8 Å². The Bertz CT molecular complexity index is 516. The Morgan fingerprint density at radius 1 is 1.38 bits per heavy atom. The van der Waals surface area contributed by atoms with E-state index in [0.29, 0.717) is 18.7 Å². The van der Waals surface area contributed by atoms with Crippen LogP contribution in [0, 0.1) is 5.92 Å². The van der Waals surface area contributed by atoms with Crippen molar-refractivity contribution in [1.82, 2.24) is 4.90 Å². The first-order valence-corrected chi connectivity index (χ1v) is 7.92. The second-order valence-corrected chi connectivity index (χ2v) is 6.68. The molecule has 1 amide bonds. The predicted octanol–water partition coefficient (Wildman–Crippen LogP) is 4.33. The van der Waals surface area contributed by atoms with Gasteiger partial charge in [0.1, 0.15) is 5.37 Å². The number of hydrogen-bond acceptors (Lipinski definition) is 2. The zero-order chi connectivity index (χ0) is 15.6. The van der Waals surface area contributed by atoms with Crippen molar-refractivity contribution in [1.29, 1.82) is 0 Å². The molecule has 1 aromatic rings. The molecule has 1 aliphatic heterocycles. The van der Waals surface area contributed by atoms with E-state index in [2.05, 4.69) is 0 Å². The first-order chi connectivity index (χ1) is 9.80. The zero-order valence-corrected chi connectivity index (χ0v) is 12.8. The average Bonchev–Trinajstić information content (AvgIpc) is 2.86. The van der Waals surface area contributed by atoms with Crippen LogP contribution in [0.15, 0.2) is 24.3 Å². The molecule has 1 aromatic carbocycles. The summed E-state index contributed by atoms with van der Waals surface area (Å²) in [5, 5.41) is -0.533. The number of benzene rings is 1. The predicted molar refractivity (Wildman–Crippen MR) is 77.8 cm³/mol. The zero-order valence-electron chi connectivity index (χ0n) is 12.0. The summed E-state index contributed by atoms with van der Waals surface area (Å²) in [6.45, 7) is 4.37. The van der Waals surface area contributed by atoms with Crippen LogP contribution in [0.3, 0.4) is 0 Å². The SMILES string of the molecule is CC(C)CC(=O)N1CCSC1c1ccccc1C(F)(F)F. The van der Waals surface area contributed by atoms with Crippen LogP contribution in [-0.2, 0) is 11.0 Å². The third-order valence-electron chi connectivity index (χ3n) is 3.33. The Morgan fingerprint density at radius 2 is 2.05 bits per heavy atom. The molecule has 116 valence electrons. The van der Waals surface area contributed by atoms with Crippen LogP contribution in [0.25, 0.3) is 0 Å². The molecule has 1 heterocycles.